The van der Waals surface area contributed by atoms with Crippen molar-refractivity contribution in [3.63, 3.8) is 0 Å². The normalized spacial score (nSPS) is 11.4. The van der Waals surface area contributed by atoms with Gasteiger partial charge in [-0.05, 0) is 30.7 Å². The molecule has 0 aliphatic carbocycles. The van der Waals surface area contributed by atoms with Gasteiger partial charge in [0.05, 0.1) is 16.5 Å². The van der Waals surface area contributed by atoms with Crippen molar-refractivity contribution in [2.75, 3.05) is 13.6 Å². The summed E-state index contributed by atoms with van der Waals surface area (Å²) < 4.78 is 25.7. The fraction of sp³-hybridized carbons (Fsp3) is 0.462. The number of hydrogen-bond donors (Lipinski definition) is 0. The maximum absolute atomic E-state index is 12.2. The van der Waals surface area contributed by atoms with E-state index in [2.05, 4.69) is 6.92 Å². The number of benzene rings is 1. The molecule has 1 rings (SSSR count). The third kappa shape index (κ3) is 3.56. The molecule has 0 aliphatic rings. The minimum atomic E-state index is -3.42. The zero-order chi connectivity index (χ0) is 13.6. The summed E-state index contributed by atoms with van der Waals surface area (Å²) in [5.74, 6) is 0. The number of hydrogen-bond acceptors (Lipinski definition) is 3. The molecule has 4 nitrogen and oxygen atoms in total. The fourth-order valence-corrected chi connectivity index (χ4v) is 2.80. The second-order valence-electron chi connectivity index (χ2n) is 4.17. The lowest BCUT2D eigenvalue weighted by molar-refractivity contribution is 0.454. The third-order valence-electron chi connectivity index (χ3n) is 2.77. The average Bonchev–Trinajstić information content (AvgIpc) is 2.39. The van der Waals surface area contributed by atoms with Crippen molar-refractivity contribution < 1.29 is 8.42 Å². The first-order valence-electron chi connectivity index (χ1n) is 5.99. The van der Waals surface area contributed by atoms with Crippen LogP contribution in [0.5, 0.6) is 0 Å². The lowest BCUT2D eigenvalue weighted by Gasteiger charge is -2.16. The first kappa shape index (κ1) is 14.7. The molecule has 0 aromatic heterocycles. The van der Waals surface area contributed by atoms with Gasteiger partial charge in [0.15, 0.2) is 0 Å². The summed E-state index contributed by atoms with van der Waals surface area (Å²) in [6.07, 6.45) is 2.94. The molecule has 0 spiro atoms. The van der Waals surface area contributed by atoms with Gasteiger partial charge in [-0.25, -0.2) is 12.7 Å². The Morgan fingerprint density at radius 2 is 1.83 bits per heavy atom. The second-order valence-corrected chi connectivity index (χ2v) is 6.21. The molecule has 0 saturated carbocycles. The summed E-state index contributed by atoms with van der Waals surface area (Å²) in [6, 6.07) is 7.96. The summed E-state index contributed by atoms with van der Waals surface area (Å²) in [4.78, 5) is 0.237. The van der Waals surface area contributed by atoms with Gasteiger partial charge in [-0.2, -0.15) is 5.26 Å². The third-order valence-corrected chi connectivity index (χ3v) is 4.64. The van der Waals surface area contributed by atoms with Crippen molar-refractivity contribution >= 4 is 10.0 Å². The van der Waals surface area contributed by atoms with Gasteiger partial charge in [0, 0.05) is 13.6 Å². The smallest absolute Gasteiger partial charge is 0.207 e. The summed E-state index contributed by atoms with van der Waals surface area (Å²) in [7, 11) is -1.83. The van der Waals surface area contributed by atoms with Crippen LogP contribution in [0, 0.1) is 11.3 Å². The Morgan fingerprint density at radius 3 is 2.33 bits per heavy atom. The topological polar surface area (TPSA) is 61.2 Å². The monoisotopic (exact) mass is 266 g/mol. The minimum Gasteiger partial charge on any atom is -0.207 e. The number of nitriles is 1. The molecule has 0 amide bonds. The molecular formula is C13H18N2O2S. The highest BCUT2D eigenvalue weighted by Gasteiger charge is 2.19. The molecule has 0 saturated heterocycles. The summed E-state index contributed by atoms with van der Waals surface area (Å²) in [6.45, 7) is 2.60. The second kappa shape index (κ2) is 6.53. The Kier molecular flexibility index (Phi) is 5.32. The van der Waals surface area contributed by atoms with Crippen LogP contribution in [0.25, 0.3) is 0 Å². The van der Waals surface area contributed by atoms with E-state index in [1.807, 2.05) is 6.07 Å². The molecule has 0 fully saturated rings. The van der Waals surface area contributed by atoms with E-state index in [4.69, 9.17) is 5.26 Å². The summed E-state index contributed by atoms with van der Waals surface area (Å²) in [5, 5.41) is 8.67. The molecule has 0 heterocycles. The predicted molar refractivity (Wildman–Crippen MR) is 70.5 cm³/mol. The average molecular weight is 266 g/mol. The Bertz CT molecular complexity index is 515. The van der Waals surface area contributed by atoms with E-state index in [-0.39, 0.29) is 4.90 Å². The standard InChI is InChI=1S/C13H18N2O2S/c1-3-4-5-10-15(2)18(16,17)13-8-6-12(11-14)7-9-13/h6-9H,3-5,10H2,1-2H3. The van der Waals surface area contributed by atoms with E-state index in [1.54, 1.807) is 7.05 Å². The SMILES string of the molecule is CCCCCN(C)S(=O)(=O)c1ccc(C#N)cc1. The van der Waals surface area contributed by atoms with Crippen LogP contribution in [0.4, 0.5) is 0 Å². The van der Waals surface area contributed by atoms with Crippen LogP contribution in [0.15, 0.2) is 29.2 Å². The van der Waals surface area contributed by atoms with Gasteiger partial charge >= 0.3 is 0 Å². The van der Waals surface area contributed by atoms with Gasteiger partial charge in [-0.15, -0.1) is 0 Å². The molecule has 0 radical (unpaired) electrons. The quantitative estimate of drug-likeness (QED) is 0.743. The Morgan fingerprint density at radius 1 is 1.22 bits per heavy atom. The van der Waals surface area contributed by atoms with Crippen LogP contribution >= 0.6 is 0 Å². The lowest BCUT2D eigenvalue weighted by Crippen LogP contribution is -2.27. The van der Waals surface area contributed by atoms with Gasteiger partial charge in [0.2, 0.25) is 10.0 Å². The van der Waals surface area contributed by atoms with E-state index in [0.717, 1.165) is 19.3 Å². The van der Waals surface area contributed by atoms with E-state index in [9.17, 15) is 8.42 Å². The molecule has 18 heavy (non-hydrogen) atoms. The van der Waals surface area contributed by atoms with E-state index >= 15 is 0 Å². The zero-order valence-corrected chi connectivity index (χ0v) is 11.6. The molecule has 5 heteroatoms. The van der Waals surface area contributed by atoms with Crippen LogP contribution < -0.4 is 0 Å². The minimum absolute atomic E-state index is 0.237. The number of unbranched alkanes of at least 4 members (excludes halogenated alkanes) is 2. The predicted octanol–water partition coefficient (Wildman–Crippen LogP) is 2.37. The number of rotatable bonds is 6. The van der Waals surface area contributed by atoms with Crippen LogP contribution in [-0.4, -0.2) is 26.3 Å². The maximum Gasteiger partial charge on any atom is 0.242 e. The van der Waals surface area contributed by atoms with E-state index in [1.165, 1.54) is 28.6 Å². The van der Waals surface area contributed by atoms with Crippen molar-refractivity contribution in [2.45, 2.75) is 31.1 Å². The Balaban J connectivity index is 2.81. The van der Waals surface area contributed by atoms with E-state index < -0.39 is 10.0 Å². The van der Waals surface area contributed by atoms with Crippen LogP contribution in [0.1, 0.15) is 31.7 Å². The molecule has 1 aromatic carbocycles. The lowest BCUT2D eigenvalue weighted by atomic mass is 10.2. The Hall–Kier alpha value is -1.38. The molecule has 0 unspecified atom stereocenters. The van der Waals surface area contributed by atoms with E-state index in [0.29, 0.717) is 12.1 Å². The highest BCUT2D eigenvalue weighted by Crippen LogP contribution is 2.15. The van der Waals surface area contributed by atoms with Gasteiger partial charge in [0.1, 0.15) is 0 Å². The molecule has 0 atom stereocenters. The van der Waals surface area contributed by atoms with Crippen molar-refractivity contribution in [3.8, 4) is 6.07 Å². The highest BCUT2D eigenvalue weighted by atomic mass is 32.2. The summed E-state index contributed by atoms with van der Waals surface area (Å²) in [5.41, 5.74) is 0.461. The fourth-order valence-electron chi connectivity index (χ4n) is 1.59. The van der Waals surface area contributed by atoms with Gasteiger partial charge in [-0.1, -0.05) is 19.8 Å². The molecular weight excluding hydrogens is 248 g/mol. The van der Waals surface area contributed by atoms with Crippen molar-refractivity contribution in [2.24, 2.45) is 0 Å². The molecule has 0 aliphatic heterocycles. The van der Waals surface area contributed by atoms with Gasteiger partial charge in [0.25, 0.3) is 0 Å². The van der Waals surface area contributed by atoms with Crippen molar-refractivity contribution in [1.82, 2.24) is 4.31 Å². The first-order chi connectivity index (χ1) is 8.52. The Labute approximate surface area is 109 Å². The van der Waals surface area contributed by atoms with Crippen LogP contribution in [-0.2, 0) is 10.0 Å². The highest BCUT2D eigenvalue weighted by molar-refractivity contribution is 7.89. The van der Waals surface area contributed by atoms with Crippen LogP contribution in [0.2, 0.25) is 0 Å². The number of sulfonamides is 1. The summed E-state index contributed by atoms with van der Waals surface area (Å²) >= 11 is 0. The van der Waals surface area contributed by atoms with Crippen molar-refractivity contribution in [3.05, 3.63) is 29.8 Å². The first-order valence-corrected chi connectivity index (χ1v) is 7.43. The molecule has 0 N–H and O–H groups in total. The largest absolute Gasteiger partial charge is 0.242 e. The maximum atomic E-state index is 12.2. The van der Waals surface area contributed by atoms with Gasteiger partial charge < -0.3 is 0 Å². The molecule has 0 bridgehead atoms. The van der Waals surface area contributed by atoms with Gasteiger partial charge in [-0.3, -0.25) is 0 Å². The van der Waals surface area contributed by atoms with Crippen LogP contribution in [0.3, 0.4) is 0 Å². The number of nitrogens with zero attached hydrogens (tertiary/aromatic N) is 2. The molecule has 98 valence electrons. The van der Waals surface area contributed by atoms with Crippen molar-refractivity contribution in [1.29, 1.82) is 5.26 Å². The zero-order valence-electron chi connectivity index (χ0n) is 10.8. The molecule has 1 aromatic rings.